The predicted octanol–water partition coefficient (Wildman–Crippen LogP) is 3.80. The molecule has 11 heteroatoms. The first-order valence-electron chi connectivity index (χ1n) is 10.8. The van der Waals surface area contributed by atoms with E-state index in [4.69, 9.17) is 26.1 Å². The molecule has 9 nitrogen and oxygen atoms in total. The second-order valence-electron chi connectivity index (χ2n) is 8.31. The highest BCUT2D eigenvalue weighted by atomic mass is 35.5. The largest absolute Gasteiger partial charge is 0.365 e. The molecule has 1 saturated heterocycles. The van der Waals surface area contributed by atoms with Gasteiger partial charge in [-0.3, -0.25) is 4.98 Å². The summed E-state index contributed by atoms with van der Waals surface area (Å²) in [6.07, 6.45) is 3.33. The lowest BCUT2D eigenvalue weighted by atomic mass is 10.0. The fourth-order valence-electron chi connectivity index (χ4n) is 4.09. The van der Waals surface area contributed by atoms with Gasteiger partial charge >= 0.3 is 0 Å². The molecule has 1 aliphatic rings. The minimum atomic E-state index is -3.01. The van der Waals surface area contributed by atoms with E-state index in [9.17, 15) is 8.42 Å². The number of anilines is 2. The summed E-state index contributed by atoms with van der Waals surface area (Å²) in [4.78, 5) is 15.6. The molecular weight excluding hydrogens is 476 g/mol. The van der Waals surface area contributed by atoms with Crippen LogP contribution in [-0.2, 0) is 16.4 Å². The number of aromatic nitrogens is 4. The zero-order valence-corrected chi connectivity index (χ0v) is 20.3. The molecule has 176 valence electrons. The van der Waals surface area contributed by atoms with E-state index in [1.54, 1.807) is 12.4 Å². The first-order chi connectivity index (χ1) is 16.3. The summed E-state index contributed by atoms with van der Waals surface area (Å²) in [6, 6.07) is 7.78. The number of sulfone groups is 1. The van der Waals surface area contributed by atoms with E-state index in [2.05, 4.69) is 15.5 Å². The minimum Gasteiger partial charge on any atom is -0.365 e. The van der Waals surface area contributed by atoms with Gasteiger partial charge in [-0.25, -0.2) is 13.4 Å². The molecule has 0 atom stereocenters. The molecule has 5 rings (SSSR count). The van der Waals surface area contributed by atoms with E-state index in [1.807, 2.05) is 43.0 Å². The summed E-state index contributed by atoms with van der Waals surface area (Å²) in [5.41, 5.74) is 4.37. The topological polar surface area (TPSA) is 114 Å². The van der Waals surface area contributed by atoms with Crippen molar-refractivity contribution in [1.82, 2.24) is 20.1 Å². The lowest BCUT2D eigenvalue weighted by Gasteiger charge is -2.27. The van der Waals surface area contributed by atoms with Gasteiger partial charge in [-0.15, -0.1) is 0 Å². The molecule has 4 aromatic rings. The Hall–Kier alpha value is -3.24. The molecule has 1 aromatic carbocycles. The highest BCUT2D eigenvalue weighted by Gasteiger charge is 2.24. The Morgan fingerprint density at radius 2 is 1.91 bits per heavy atom. The van der Waals surface area contributed by atoms with Gasteiger partial charge in [0.2, 0.25) is 5.95 Å². The molecule has 0 radical (unpaired) electrons. The minimum absolute atomic E-state index is 0.0936. The Bertz CT molecular complexity index is 1450. The number of hydrogen-bond acceptors (Lipinski definition) is 9. The van der Waals surface area contributed by atoms with E-state index in [0.717, 1.165) is 39.0 Å². The third kappa shape index (κ3) is 4.55. The van der Waals surface area contributed by atoms with Crippen molar-refractivity contribution in [3.05, 3.63) is 58.7 Å². The van der Waals surface area contributed by atoms with Crippen molar-refractivity contribution < 1.29 is 12.9 Å². The highest BCUT2D eigenvalue weighted by Crippen LogP contribution is 2.32. The molecule has 34 heavy (non-hydrogen) atoms. The van der Waals surface area contributed by atoms with Crippen molar-refractivity contribution in [2.45, 2.75) is 20.4 Å². The summed E-state index contributed by atoms with van der Waals surface area (Å²) in [5, 5.41) is 8.86. The number of pyridine rings is 1. The van der Waals surface area contributed by atoms with E-state index in [1.165, 1.54) is 0 Å². The maximum absolute atomic E-state index is 11.9. The zero-order valence-electron chi connectivity index (χ0n) is 18.7. The Kier molecular flexibility index (Phi) is 5.86. The molecule has 0 spiro atoms. The van der Waals surface area contributed by atoms with Crippen molar-refractivity contribution in [2.75, 3.05) is 34.8 Å². The fourth-order valence-corrected chi connectivity index (χ4v) is 5.49. The van der Waals surface area contributed by atoms with Gasteiger partial charge in [-0.2, -0.15) is 4.98 Å². The highest BCUT2D eigenvalue weighted by molar-refractivity contribution is 7.91. The third-order valence-corrected chi connectivity index (χ3v) is 7.67. The summed E-state index contributed by atoms with van der Waals surface area (Å²) in [7, 11) is -3.01. The SMILES string of the molecule is Cc1noc(C)c1-c1ccc2nc(N3CCS(=O)(=O)CC3)nc(NCc3cncc(Cl)c3)c2c1. The van der Waals surface area contributed by atoms with Crippen LogP contribution in [0, 0.1) is 13.8 Å². The van der Waals surface area contributed by atoms with Crippen molar-refractivity contribution in [1.29, 1.82) is 0 Å². The third-order valence-electron chi connectivity index (χ3n) is 5.85. The first kappa shape index (κ1) is 22.5. The molecule has 0 bridgehead atoms. The fraction of sp³-hybridized carbons (Fsp3) is 0.304. The normalized spacial score (nSPS) is 15.6. The van der Waals surface area contributed by atoms with Gasteiger partial charge in [-0.1, -0.05) is 22.8 Å². The van der Waals surface area contributed by atoms with E-state index in [-0.39, 0.29) is 11.5 Å². The molecule has 1 fully saturated rings. The van der Waals surface area contributed by atoms with Crippen molar-refractivity contribution in [2.24, 2.45) is 0 Å². The van der Waals surface area contributed by atoms with Crippen LogP contribution < -0.4 is 10.2 Å². The maximum Gasteiger partial charge on any atom is 0.227 e. The Morgan fingerprint density at radius 3 is 2.62 bits per heavy atom. The van der Waals surface area contributed by atoms with Crippen molar-refractivity contribution in [3.63, 3.8) is 0 Å². The van der Waals surface area contributed by atoms with Gasteiger partial charge in [0.05, 0.1) is 27.7 Å². The lowest BCUT2D eigenvalue weighted by Crippen LogP contribution is -2.41. The van der Waals surface area contributed by atoms with Crippen LogP contribution in [0.2, 0.25) is 5.02 Å². The summed E-state index contributed by atoms with van der Waals surface area (Å²) >= 11 is 6.09. The van der Waals surface area contributed by atoms with E-state index >= 15 is 0 Å². The van der Waals surface area contributed by atoms with E-state index < -0.39 is 9.84 Å². The maximum atomic E-state index is 11.9. The molecule has 0 unspecified atom stereocenters. The molecule has 0 saturated carbocycles. The number of fused-ring (bicyclic) bond motifs is 1. The van der Waals surface area contributed by atoms with Crippen LogP contribution in [0.3, 0.4) is 0 Å². The van der Waals surface area contributed by atoms with Gasteiger partial charge in [0.1, 0.15) is 11.6 Å². The number of benzene rings is 1. The van der Waals surface area contributed by atoms with Crippen LogP contribution in [0.5, 0.6) is 0 Å². The molecule has 1 aliphatic heterocycles. The number of rotatable bonds is 5. The summed E-state index contributed by atoms with van der Waals surface area (Å²) in [6.45, 7) is 4.98. The van der Waals surface area contributed by atoms with Crippen LogP contribution >= 0.6 is 11.6 Å². The number of nitrogens with zero attached hydrogens (tertiary/aromatic N) is 5. The Morgan fingerprint density at radius 1 is 1.12 bits per heavy atom. The second kappa shape index (κ2) is 8.84. The Balaban J connectivity index is 1.57. The van der Waals surface area contributed by atoms with Gasteiger partial charge in [0.15, 0.2) is 9.84 Å². The molecule has 4 heterocycles. The standard InChI is InChI=1S/C23H23ClN6O3S/c1-14-21(15(2)33-29-14)17-3-4-20-19(10-17)22(26-12-16-9-18(24)13-25-11-16)28-23(27-20)30-5-7-34(31,32)8-6-30/h3-4,9-11,13H,5-8,12H2,1-2H3,(H,26,27,28). The average Bonchev–Trinajstić information content (AvgIpc) is 3.15. The van der Waals surface area contributed by atoms with Crippen molar-refractivity contribution >= 4 is 44.1 Å². The van der Waals surface area contributed by atoms with Gasteiger partial charge in [0.25, 0.3) is 0 Å². The van der Waals surface area contributed by atoms with Crippen LogP contribution in [0.1, 0.15) is 17.0 Å². The van der Waals surface area contributed by atoms with Crippen molar-refractivity contribution in [3.8, 4) is 11.1 Å². The zero-order chi connectivity index (χ0) is 23.9. The molecule has 1 N–H and O–H groups in total. The smallest absolute Gasteiger partial charge is 0.227 e. The Labute approximate surface area is 202 Å². The van der Waals surface area contributed by atoms with E-state index in [0.29, 0.717) is 36.4 Å². The van der Waals surface area contributed by atoms with Gasteiger partial charge < -0.3 is 14.7 Å². The monoisotopic (exact) mass is 498 g/mol. The molecule has 0 aliphatic carbocycles. The van der Waals surface area contributed by atoms with Gasteiger partial charge in [0, 0.05) is 43.0 Å². The number of nitrogens with one attached hydrogen (secondary N) is 1. The summed E-state index contributed by atoms with van der Waals surface area (Å²) in [5.74, 6) is 2.07. The predicted molar refractivity (Wildman–Crippen MR) is 132 cm³/mol. The summed E-state index contributed by atoms with van der Waals surface area (Å²) < 4.78 is 29.1. The number of hydrogen-bond donors (Lipinski definition) is 1. The first-order valence-corrected chi connectivity index (χ1v) is 13.0. The number of halogens is 1. The van der Waals surface area contributed by atoms with Crippen LogP contribution in [0.15, 0.2) is 41.2 Å². The van der Waals surface area contributed by atoms with Gasteiger partial charge in [-0.05, 0) is 43.2 Å². The van der Waals surface area contributed by atoms with Crippen LogP contribution in [-0.4, -0.2) is 53.1 Å². The van der Waals surface area contributed by atoms with Crippen LogP contribution in [0.4, 0.5) is 11.8 Å². The molecular formula is C23H23ClN6O3S. The average molecular weight is 499 g/mol. The quantitative estimate of drug-likeness (QED) is 0.438. The number of aryl methyl sites for hydroxylation is 2. The lowest BCUT2D eigenvalue weighted by molar-refractivity contribution is 0.393. The van der Waals surface area contributed by atoms with Crippen LogP contribution in [0.25, 0.3) is 22.0 Å². The molecule has 0 amide bonds. The molecule has 3 aromatic heterocycles. The second-order valence-corrected chi connectivity index (χ2v) is 11.0.